The summed E-state index contributed by atoms with van der Waals surface area (Å²) in [5, 5.41) is 9.37. The normalized spacial score (nSPS) is 18.9. The van der Waals surface area contributed by atoms with E-state index in [0.29, 0.717) is 23.0 Å². The van der Waals surface area contributed by atoms with Crippen molar-refractivity contribution in [2.45, 2.75) is 70.4 Å². The Kier molecular flexibility index (Phi) is 7.10. The van der Waals surface area contributed by atoms with E-state index in [1.807, 2.05) is 19.1 Å². The number of carbonyl (C=O) groups is 1. The Morgan fingerprint density at radius 3 is 2.59 bits per heavy atom. The van der Waals surface area contributed by atoms with Crippen LogP contribution in [0.1, 0.15) is 81.1 Å². The second kappa shape index (κ2) is 10.0. The Bertz CT molecular complexity index is 1080. The summed E-state index contributed by atoms with van der Waals surface area (Å²) in [6, 6.07) is 12.0. The van der Waals surface area contributed by atoms with Gasteiger partial charge in [-0.25, -0.2) is 8.78 Å². The smallest absolute Gasteiger partial charge is 0.273 e. The van der Waals surface area contributed by atoms with Crippen LogP contribution in [0.3, 0.4) is 0 Å². The van der Waals surface area contributed by atoms with Crippen LogP contribution in [0.2, 0.25) is 0 Å². The molecule has 2 aliphatic rings. The van der Waals surface area contributed by atoms with E-state index in [4.69, 9.17) is 4.74 Å². The quantitative estimate of drug-likeness (QED) is 0.445. The van der Waals surface area contributed by atoms with Crippen LogP contribution in [0.25, 0.3) is 0 Å². The Morgan fingerprint density at radius 1 is 1.12 bits per heavy atom. The number of halogens is 2. The van der Waals surface area contributed by atoms with Gasteiger partial charge in [0.25, 0.3) is 11.8 Å². The van der Waals surface area contributed by atoms with Crippen LogP contribution in [0.5, 0.6) is 5.75 Å². The van der Waals surface area contributed by atoms with E-state index < -0.39 is 5.92 Å². The fourth-order valence-corrected chi connectivity index (χ4v) is 4.87. The maximum Gasteiger partial charge on any atom is 0.273 e. The Morgan fingerprint density at radius 2 is 1.88 bits per heavy atom. The highest BCUT2D eigenvalue weighted by molar-refractivity contribution is 6.04. The fraction of sp³-hybridized carbons (Fsp3) is 0.444. The maximum atomic E-state index is 14.1. The molecule has 7 heteroatoms. The van der Waals surface area contributed by atoms with E-state index in [9.17, 15) is 13.6 Å². The number of alkyl halides is 2. The van der Waals surface area contributed by atoms with Gasteiger partial charge in [0.1, 0.15) is 17.6 Å². The van der Waals surface area contributed by atoms with Crippen molar-refractivity contribution in [3.05, 3.63) is 70.5 Å². The molecule has 1 unspecified atom stereocenters. The zero-order chi connectivity index (χ0) is 24.3. The molecule has 34 heavy (non-hydrogen) atoms. The Labute approximate surface area is 200 Å². The number of methoxy groups -OCH3 is 1. The molecule has 4 rings (SSSR count). The third-order valence-corrected chi connectivity index (χ3v) is 6.87. The van der Waals surface area contributed by atoms with Gasteiger partial charge in [0.2, 0.25) is 0 Å². The highest BCUT2D eigenvalue weighted by Crippen LogP contribution is 2.39. The van der Waals surface area contributed by atoms with Crippen LogP contribution < -0.4 is 20.7 Å². The van der Waals surface area contributed by atoms with Gasteiger partial charge in [-0.1, -0.05) is 44.4 Å². The van der Waals surface area contributed by atoms with Crippen molar-refractivity contribution >= 4 is 11.6 Å². The van der Waals surface area contributed by atoms with Crippen molar-refractivity contribution in [2.75, 3.05) is 12.4 Å². The average molecular weight is 470 g/mol. The molecular weight excluding hydrogens is 436 g/mol. The lowest BCUT2D eigenvalue weighted by molar-refractivity contribution is -0.113. The molecule has 2 aromatic carbocycles. The predicted molar refractivity (Wildman–Crippen MR) is 130 cm³/mol. The van der Waals surface area contributed by atoms with Gasteiger partial charge < -0.3 is 20.7 Å². The van der Waals surface area contributed by atoms with Crippen molar-refractivity contribution in [3.8, 4) is 5.75 Å². The molecule has 0 aromatic heterocycles. The number of allylic oxidation sites excluding steroid dienone is 1. The molecule has 0 radical (unpaired) electrons. The lowest BCUT2D eigenvalue weighted by atomic mass is 9.83. The van der Waals surface area contributed by atoms with Gasteiger partial charge in [-0.15, -0.1) is 0 Å². The second-order valence-electron chi connectivity index (χ2n) is 9.15. The number of rotatable bonds is 7. The number of amides is 1. The van der Waals surface area contributed by atoms with Crippen LogP contribution in [0, 0.1) is 0 Å². The highest BCUT2D eigenvalue weighted by atomic mass is 19.3. The van der Waals surface area contributed by atoms with Crippen molar-refractivity contribution in [2.24, 2.45) is 0 Å². The number of nitrogens with one attached hydrogen (secondary N) is 3. The molecule has 1 aliphatic carbocycles. The summed E-state index contributed by atoms with van der Waals surface area (Å²) in [5.74, 6) is -1.92. The first-order chi connectivity index (χ1) is 16.3. The third kappa shape index (κ3) is 5.03. The largest absolute Gasteiger partial charge is 0.496 e. The number of carbonyl (C=O) groups excluding carboxylic acids is 1. The van der Waals surface area contributed by atoms with E-state index in [0.717, 1.165) is 24.2 Å². The van der Waals surface area contributed by atoms with E-state index in [-0.39, 0.29) is 24.1 Å². The Balaban J connectivity index is 1.49. The molecule has 3 N–H and O–H groups in total. The minimum atomic E-state index is -2.93. The summed E-state index contributed by atoms with van der Waals surface area (Å²) < 4.78 is 33.8. The lowest BCUT2D eigenvalue weighted by Crippen LogP contribution is -2.28. The van der Waals surface area contributed by atoms with E-state index in [1.54, 1.807) is 13.2 Å². The molecule has 5 nitrogen and oxygen atoms in total. The monoisotopic (exact) mass is 469 g/mol. The van der Waals surface area contributed by atoms with Gasteiger partial charge >= 0.3 is 0 Å². The molecule has 1 aliphatic heterocycles. The molecule has 0 bridgehead atoms. The number of hydrogen-bond acceptors (Lipinski definition) is 4. The first-order valence-corrected chi connectivity index (χ1v) is 12.0. The molecule has 1 saturated carbocycles. The number of benzene rings is 2. The number of hydrogen-bond donors (Lipinski definition) is 3. The summed E-state index contributed by atoms with van der Waals surface area (Å²) in [6.07, 6.45) is 5.50. The average Bonchev–Trinajstić information content (AvgIpc) is 3.26. The van der Waals surface area contributed by atoms with Crippen LogP contribution in [-0.4, -0.2) is 13.0 Å². The first-order valence-electron chi connectivity index (χ1n) is 12.0. The van der Waals surface area contributed by atoms with Crippen LogP contribution in [0.15, 0.2) is 53.9 Å². The van der Waals surface area contributed by atoms with E-state index in [2.05, 4.69) is 22.0 Å². The highest BCUT2D eigenvalue weighted by Gasteiger charge is 2.30. The zero-order valence-corrected chi connectivity index (χ0v) is 20.0. The van der Waals surface area contributed by atoms with Gasteiger partial charge in [-0.05, 0) is 61.1 Å². The van der Waals surface area contributed by atoms with Crippen molar-refractivity contribution in [1.82, 2.24) is 10.6 Å². The molecule has 1 atom stereocenters. The number of ether oxygens (including phenoxy) is 1. The molecule has 182 valence electrons. The van der Waals surface area contributed by atoms with Gasteiger partial charge in [-0.3, -0.25) is 4.79 Å². The SMILES string of the molecule is CCC(F)(F)c1cccc(NC(=O)C2=C(C)NC(c3ccc(OC)c(C4CCCCC4)c3)N2)c1. The standard InChI is InChI=1S/C27H33F2N3O2/c1-4-27(28,29)20-11-8-12-21(16-20)31-26(33)24-17(2)30-25(32-24)19-13-14-23(34-3)22(15-19)18-9-6-5-7-10-18/h8,11-16,18,25,30,32H,4-7,9-10H2,1-3H3,(H,31,33). The van der Waals surface area contributed by atoms with Crippen LogP contribution in [-0.2, 0) is 10.7 Å². The summed E-state index contributed by atoms with van der Waals surface area (Å²) in [7, 11) is 1.70. The molecule has 1 heterocycles. The van der Waals surface area contributed by atoms with Crippen LogP contribution >= 0.6 is 0 Å². The van der Waals surface area contributed by atoms with Gasteiger partial charge in [0, 0.05) is 23.4 Å². The fourth-order valence-electron chi connectivity index (χ4n) is 4.87. The van der Waals surface area contributed by atoms with Crippen LogP contribution in [0.4, 0.5) is 14.5 Å². The second-order valence-corrected chi connectivity index (χ2v) is 9.15. The molecule has 2 aromatic rings. The summed E-state index contributed by atoms with van der Waals surface area (Å²) in [6.45, 7) is 3.27. The van der Waals surface area contributed by atoms with Crippen molar-refractivity contribution < 1.29 is 18.3 Å². The van der Waals surface area contributed by atoms with Crippen molar-refractivity contribution in [3.63, 3.8) is 0 Å². The van der Waals surface area contributed by atoms with E-state index in [1.165, 1.54) is 49.9 Å². The first kappa shape index (κ1) is 24.0. The van der Waals surface area contributed by atoms with E-state index >= 15 is 0 Å². The minimum Gasteiger partial charge on any atom is -0.496 e. The molecular formula is C27H33F2N3O2. The minimum absolute atomic E-state index is 0.109. The summed E-state index contributed by atoms with van der Waals surface area (Å²) in [5.41, 5.74) is 3.56. The lowest BCUT2D eigenvalue weighted by Gasteiger charge is -2.25. The molecule has 0 spiro atoms. The molecule has 1 amide bonds. The summed E-state index contributed by atoms with van der Waals surface area (Å²) >= 11 is 0. The third-order valence-electron chi connectivity index (χ3n) is 6.87. The summed E-state index contributed by atoms with van der Waals surface area (Å²) in [4.78, 5) is 13.0. The number of anilines is 1. The van der Waals surface area contributed by atoms with Gasteiger partial charge in [-0.2, -0.15) is 0 Å². The van der Waals surface area contributed by atoms with Gasteiger partial charge in [0.15, 0.2) is 0 Å². The Hall–Kier alpha value is -3.09. The zero-order valence-electron chi connectivity index (χ0n) is 20.0. The molecule has 1 fully saturated rings. The van der Waals surface area contributed by atoms with Gasteiger partial charge in [0.05, 0.1) is 7.11 Å². The topological polar surface area (TPSA) is 62.4 Å². The molecule has 0 saturated heterocycles. The predicted octanol–water partition coefficient (Wildman–Crippen LogP) is 6.31. The van der Waals surface area contributed by atoms with Crippen molar-refractivity contribution in [1.29, 1.82) is 0 Å². The maximum absolute atomic E-state index is 14.1.